The summed E-state index contributed by atoms with van der Waals surface area (Å²) in [5.74, 6) is 0. The Kier molecular flexibility index (Phi) is 6.32. The topological polar surface area (TPSA) is 70.6 Å². The average Bonchev–Trinajstić information content (AvgIpc) is 2.37. The van der Waals surface area contributed by atoms with E-state index in [2.05, 4.69) is 10.6 Å². The molecule has 0 aromatic heterocycles. The number of ether oxygens (including phenoxy) is 1. The highest BCUT2D eigenvalue weighted by Crippen LogP contribution is 2.16. The molecule has 0 heterocycles. The van der Waals surface area contributed by atoms with Crippen LogP contribution >= 0.6 is 0 Å². The number of rotatable bonds is 6. The van der Waals surface area contributed by atoms with Crippen molar-refractivity contribution in [2.45, 2.75) is 26.0 Å². The van der Waals surface area contributed by atoms with Crippen LogP contribution in [0.2, 0.25) is 0 Å². The lowest BCUT2D eigenvalue weighted by atomic mass is 10.0. The van der Waals surface area contributed by atoms with Crippen molar-refractivity contribution in [2.24, 2.45) is 0 Å². The molecule has 2 unspecified atom stereocenters. The monoisotopic (exact) mass is 266 g/mol. The van der Waals surface area contributed by atoms with Crippen molar-refractivity contribution < 1.29 is 14.6 Å². The van der Waals surface area contributed by atoms with Crippen molar-refractivity contribution in [3.63, 3.8) is 0 Å². The first-order valence-electron chi connectivity index (χ1n) is 6.31. The fourth-order valence-electron chi connectivity index (χ4n) is 1.86. The van der Waals surface area contributed by atoms with Crippen LogP contribution in [0.4, 0.5) is 4.79 Å². The van der Waals surface area contributed by atoms with Gasteiger partial charge in [0.25, 0.3) is 0 Å². The van der Waals surface area contributed by atoms with Gasteiger partial charge in [0.1, 0.15) is 0 Å². The molecule has 106 valence electrons. The second kappa shape index (κ2) is 7.76. The van der Waals surface area contributed by atoms with Crippen molar-refractivity contribution in [1.29, 1.82) is 0 Å². The second-order valence-electron chi connectivity index (χ2n) is 4.54. The van der Waals surface area contributed by atoms with Crippen molar-refractivity contribution in [2.75, 3.05) is 20.3 Å². The molecule has 19 heavy (non-hydrogen) atoms. The van der Waals surface area contributed by atoms with Gasteiger partial charge in [-0.2, -0.15) is 0 Å². The van der Waals surface area contributed by atoms with E-state index < -0.39 is 6.10 Å². The molecule has 0 radical (unpaired) electrons. The fourth-order valence-corrected chi connectivity index (χ4v) is 1.86. The average molecular weight is 266 g/mol. The van der Waals surface area contributed by atoms with Crippen molar-refractivity contribution >= 4 is 6.03 Å². The third-order valence-electron chi connectivity index (χ3n) is 2.86. The van der Waals surface area contributed by atoms with Crippen molar-refractivity contribution in [1.82, 2.24) is 10.6 Å². The minimum Gasteiger partial charge on any atom is -0.389 e. The van der Waals surface area contributed by atoms with E-state index in [1.54, 1.807) is 0 Å². The van der Waals surface area contributed by atoms with Crippen molar-refractivity contribution in [3.8, 4) is 0 Å². The third-order valence-corrected chi connectivity index (χ3v) is 2.86. The summed E-state index contributed by atoms with van der Waals surface area (Å²) in [5.41, 5.74) is 2.21. The first-order chi connectivity index (χ1) is 9.04. The molecule has 0 aliphatic rings. The van der Waals surface area contributed by atoms with Crippen LogP contribution < -0.4 is 10.6 Å². The van der Waals surface area contributed by atoms with Crippen LogP contribution in [-0.2, 0) is 4.74 Å². The lowest BCUT2D eigenvalue weighted by Crippen LogP contribution is -2.41. The smallest absolute Gasteiger partial charge is 0.315 e. The van der Waals surface area contributed by atoms with Gasteiger partial charge in [0.15, 0.2) is 0 Å². The Bertz CT molecular complexity index is 409. The van der Waals surface area contributed by atoms with Gasteiger partial charge in [0.05, 0.1) is 18.8 Å². The Labute approximate surface area is 114 Å². The molecule has 0 spiro atoms. The number of aliphatic hydroxyl groups is 1. The summed E-state index contributed by atoms with van der Waals surface area (Å²) in [6.07, 6.45) is -0.690. The Morgan fingerprint density at radius 3 is 2.74 bits per heavy atom. The minimum atomic E-state index is -0.690. The van der Waals surface area contributed by atoms with Gasteiger partial charge in [-0.15, -0.1) is 0 Å². The van der Waals surface area contributed by atoms with E-state index in [9.17, 15) is 9.90 Å². The van der Waals surface area contributed by atoms with Gasteiger partial charge < -0.3 is 20.5 Å². The van der Waals surface area contributed by atoms with Gasteiger partial charge in [0, 0.05) is 13.7 Å². The molecule has 2 atom stereocenters. The standard InChI is InChI=1S/C14H22N2O3/c1-10-6-4-5-7-13(10)11(2)16-14(18)15-8-12(17)9-19-3/h4-7,11-12,17H,8-9H2,1-3H3,(H2,15,16,18). The minimum absolute atomic E-state index is 0.0826. The molecule has 1 aromatic carbocycles. The molecule has 3 N–H and O–H groups in total. The lowest BCUT2D eigenvalue weighted by Gasteiger charge is -2.18. The molecule has 0 saturated heterocycles. The number of hydrogen-bond acceptors (Lipinski definition) is 3. The molecule has 1 rings (SSSR count). The zero-order chi connectivity index (χ0) is 14.3. The summed E-state index contributed by atoms with van der Waals surface area (Å²) in [5, 5.41) is 14.9. The fraction of sp³-hybridized carbons (Fsp3) is 0.500. The summed E-state index contributed by atoms with van der Waals surface area (Å²) in [7, 11) is 1.50. The number of carbonyl (C=O) groups excluding carboxylic acids is 1. The van der Waals surface area contributed by atoms with Gasteiger partial charge >= 0.3 is 6.03 Å². The number of aryl methyl sites for hydroxylation is 1. The van der Waals surface area contributed by atoms with Gasteiger partial charge in [-0.25, -0.2) is 4.79 Å². The number of amides is 2. The van der Waals surface area contributed by atoms with Gasteiger partial charge in [-0.3, -0.25) is 0 Å². The highest BCUT2D eigenvalue weighted by atomic mass is 16.5. The van der Waals surface area contributed by atoms with Crippen LogP contribution in [-0.4, -0.2) is 37.5 Å². The maximum absolute atomic E-state index is 11.7. The Balaban J connectivity index is 2.42. The predicted molar refractivity (Wildman–Crippen MR) is 74.0 cm³/mol. The molecule has 0 fully saturated rings. The molecular formula is C14H22N2O3. The van der Waals surface area contributed by atoms with Gasteiger partial charge in [-0.1, -0.05) is 24.3 Å². The summed E-state index contributed by atoms with van der Waals surface area (Å²) < 4.78 is 4.78. The van der Waals surface area contributed by atoms with E-state index in [0.29, 0.717) is 0 Å². The summed E-state index contributed by atoms with van der Waals surface area (Å²) in [6.45, 7) is 4.30. The van der Waals surface area contributed by atoms with E-state index in [0.717, 1.165) is 11.1 Å². The summed E-state index contributed by atoms with van der Waals surface area (Å²) in [6, 6.07) is 7.52. The summed E-state index contributed by atoms with van der Waals surface area (Å²) >= 11 is 0. The molecular weight excluding hydrogens is 244 g/mol. The maximum atomic E-state index is 11.7. The highest BCUT2D eigenvalue weighted by Gasteiger charge is 2.12. The van der Waals surface area contributed by atoms with Crippen LogP contribution in [0, 0.1) is 6.92 Å². The van der Waals surface area contributed by atoms with Gasteiger partial charge in [0.2, 0.25) is 0 Å². The number of aliphatic hydroxyl groups excluding tert-OH is 1. The number of hydrogen-bond donors (Lipinski definition) is 3. The molecule has 2 amide bonds. The van der Waals surface area contributed by atoms with Crippen LogP contribution in [0.3, 0.4) is 0 Å². The number of carbonyl (C=O) groups is 1. The maximum Gasteiger partial charge on any atom is 0.315 e. The number of benzene rings is 1. The van der Waals surface area contributed by atoms with E-state index in [1.807, 2.05) is 38.1 Å². The number of urea groups is 1. The molecule has 1 aromatic rings. The molecule has 0 bridgehead atoms. The molecule has 0 aliphatic carbocycles. The molecule has 5 nitrogen and oxygen atoms in total. The Hall–Kier alpha value is -1.59. The van der Waals surface area contributed by atoms with Crippen LogP contribution in [0.25, 0.3) is 0 Å². The van der Waals surface area contributed by atoms with E-state index >= 15 is 0 Å². The zero-order valence-corrected chi connectivity index (χ0v) is 11.6. The highest BCUT2D eigenvalue weighted by molar-refractivity contribution is 5.74. The summed E-state index contributed by atoms with van der Waals surface area (Å²) in [4.78, 5) is 11.7. The third kappa shape index (κ3) is 5.28. The molecule has 5 heteroatoms. The Morgan fingerprint density at radius 2 is 2.11 bits per heavy atom. The van der Waals surface area contributed by atoms with E-state index in [4.69, 9.17) is 4.74 Å². The van der Waals surface area contributed by atoms with Crippen LogP contribution in [0.15, 0.2) is 24.3 Å². The largest absolute Gasteiger partial charge is 0.389 e. The van der Waals surface area contributed by atoms with Crippen molar-refractivity contribution in [3.05, 3.63) is 35.4 Å². The zero-order valence-electron chi connectivity index (χ0n) is 11.6. The molecule has 0 saturated carbocycles. The quantitative estimate of drug-likeness (QED) is 0.728. The van der Waals surface area contributed by atoms with E-state index in [1.165, 1.54) is 7.11 Å². The second-order valence-corrected chi connectivity index (χ2v) is 4.54. The number of methoxy groups -OCH3 is 1. The lowest BCUT2D eigenvalue weighted by molar-refractivity contribution is 0.0659. The van der Waals surface area contributed by atoms with E-state index in [-0.39, 0.29) is 25.2 Å². The van der Waals surface area contributed by atoms with Crippen LogP contribution in [0.1, 0.15) is 24.1 Å². The normalized spacial score (nSPS) is 13.7. The van der Waals surface area contributed by atoms with Gasteiger partial charge in [-0.05, 0) is 25.0 Å². The predicted octanol–water partition coefficient (Wildman–Crippen LogP) is 1.36. The SMILES string of the molecule is COCC(O)CNC(=O)NC(C)c1ccccc1C. The first-order valence-corrected chi connectivity index (χ1v) is 6.31. The first kappa shape index (κ1) is 15.5. The number of nitrogens with one attached hydrogen (secondary N) is 2. The van der Waals surface area contributed by atoms with Crippen LogP contribution in [0.5, 0.6) is 0 Å². The molecule has 0 aliphatic heterocycles. The Morgan fingerprint density at radius 1 is 1.42 bits per heavy atom.